The van der Waals surface area contributed by atoms with E-state index in [1.54, 1.807) is 0 Å². The second kappa shape index (κ2) is 4.86. The van der Waals surface area contributed by atoms with Gasteiger partial charge in [0.1, 0.15) is 0 Å². The third kappa shape index (κ3) is 2.48. The van der Waals surface area contributed by atoms with Gasteiger partial charge in [-0.2, -0.15) is 0 Å². The summed E-state index contributed by atoms with van der Waals surface area (Å²) in [5.41, 5.74) is 1.42. The van der Waals surface area contributed by atoms with Crippen molar-refractivity contribution in [2.24, 2.45) is 0 Å². The lowest BCUT2D eigenvalue weighted by molar-refractivity contribution is 0.417. The molecule has 2 aromatic carbocycles. The minimum atomic E-state index is 0.574. The van der Waals surface area contributed by atoms with Gasteiger partial charge in [-0.1, -0.05) is 42.5 Å². The van der Waals surface area contributed by atoms with E-state index in [1.807, 2.05) is 0 Å². The highest BCUT2D eigenvalue weighted by Gasteiger charge is 2.12. The summed E-state index contributed by atoms with van der Waals surface area (Å²) in [6, 6.07) is 15.9. The van der Waals surface area contributed by atoms with Crippen LogP contribution in [-0.4, -0.2) is 25.7 Å². The third-order valence-corrected chi connectivity index (χ3v) is 3.42. The molecule has 0 aliphatic carbocycles. The zero-order valence-corrected chi connectivity index (χ0v) is 9.95. The fraction of sp³-hybridized carbons (Fsp3) is 0.333. The summed E-state index contributed by atoms with van der Waals surface area (Å²) in [5, 5.41) is 9.65. The fourth-order valence-corrected chi connectivity index (χ4v) is 2.51. The van der Waals surface area contributed by atoms with Gasteiger partial charge in [0.15, 0.2) is 0 Å². The molecule has 2 heteroatoms. The molecule has 2 nitrogen and oxygen atoms in total. The molecule has 1 fully saturated rings. The Hall–Kier alpha value is -1.38. The number of piperazine rings is 1. The molecule has 0 aromatic heterocycles. The average Bonchev–Trinajstić information content (AvgIpc) is 2.40. The van der Waals surface area contributed by atoms with Gasteiger partial charge in [0, 0.05) is 25.7 Å². The van der Waals surface area contributed by atoms with Gasteiger partial charge in [0.25, 0.3) is 0 Å². The van der Waals surface area contributed by atoms with Crippen LogP contribution in [-0.2, 0) is 6.42 Å². The summed E-state index contributed by atoms with van der Waals surface area (Å²) in [7, 11) is 0. The minimum Gasteiger partial charge on any atom is -0.314 e. The first kappa shape index (κ1) is 10.8. The lowest BCUT2D eigenvalue weighted by atomic mass is 10.0. The Bertz CT molecular complexity index is 501. The second-order valence-electron chi connectivity index (χ2n) is 4.74. The van der Waals surface area contributed by atoms with Gasteiger partial charge < -0.3 is 10.6 Å². The molecule has 2 N–H and O–H groups in total. The van der Waals surface area contributed by atoms with Crippen LogP contribution in [0.3, 0.4) is 0 Å². The van der Waals surface area contributed by atoms with Crippen molar-refractivity contribution in [3.63, 3.8) is 0 Å². The lowest BCUT2D eigenvalue weighted by Gasteiger charge is -2.24. The maximum absolute atomic E-state index is 3.55. The molecule has 1 heterocycles. The highest BCUT2D eigenvalue weighted by Crippen LogP contribution is 2.16. The smallest absolute Gasteiger partial charge is 0.0233 e. The molecule has 0 saturated carbocycles. The van der Waals surface area contributed by atoms with Crippen LogP contribution in [0.15, 0.2) is 42.5 Å². The molecule has 1 aliphatic heterocycles. The van der Waals surface area contributed by atoms with E-state index in [2.05, 4.69) is 53.1 Å². The molecule has 0 amide bonds. The predicted octanol–water partition coefficient (Wildman–Crippen LogP) is 1.94. The number of hydrogen-bond donors (Lipinski definition) is 2. The second-order valence-corrected chi connectivity index (χ2v) is 4.74. The van der Waals surface area contributed by atoms with Crippen molar-refractivity contribution in [2.75, 3.05) is 19.6 Å². The SMILES string of the molecule is c1ccc2cc(C[C@@H]3CNCCN3)ccc2c1. The molecule has 3 rings (SSSR count). The van der Waals surface area contributed by atoms with Crippen LogP contribution in [0, 0.1) is 0 Å². The molecule has 1 aliphatic rings. The number of hydrogen-bond acceptors (Lipinski definition) is 2. The first-order valence-electron chi connectivity index (χ1n) is 6.33. The molecular formula is C15H18N2. The molecular weight excluding hydrogens is 208 g/mol. The maximum atomic E-state index is 3.55. The van der Waals surface area contributed by atoms with E-state index in [0.29, 0.717) is 6.04 Å². The van der Waals surface area contributed by atoms with Crippen LogP contribution in [0.2, 0.25) is 0 Å². The normalized spacial score (nSPS) is 20.6. The molecule has 0 unspecified atom stereocenters. The molecule has 2 aromatic rings. The minimum absolute atomic E-state index is 0.574. The summed E-state index contributed by atoms with van der Waals surface area (Å²) >= 11 is 0. The molecule has 17 heavy (non-hydrogen) atoms. The van der Waals surface area contributed by atoms with Gasteiger partial charge in [-0.3, -0.25) is 0 Å². The zero-order chi connectivity index (χ0) is 11.5. The monoisotopic (exact) mass is 226 g/mol. The van der Waals surface area contributed by atoms with E-state index in [-0.39, 0.29) is 0 Å². The van der Waals surface area contributed by atoms with Crippen LogP contribution in [0.1, 0.15) is 5.56 Å². The Labute approximate surface area is 102 Å². The van der Waals surface area contributed by atoms with Gasteiger partial charge in [-0.25, -0.2) is 0 Å². The van der Waals surface area contributed by atoms with E-state index in [4.69, 9.17) is 0 Å². The molecule has 1 saturated heterocycles. The first-order valence-corrected chi connectivity index (χ1v) is 6.33. The summed E-state index contributed by atoms with van der Waals surface area (Å²) in [4.78, 5) is 0. The predicted molar refractivity (Wildman–Crippen MR) is 72.3 cm³/mol. The topological polar surface area (TPSA) is 24.1 Å². The molecule has 0 spiro atoms. The number of fused-ring (bicyclic) bond motifs is 1. The van der Waals surface area contributed by atoms with Crippen LogP contribution in [0.5, 0.6) is 0 Å². The maximum Gasteiger partial charge on any atom is 0.0233 e. The largest absolute Gasteiger partial charge is 0.314 e. The molecule has 1 atom stereocenters. The van der Waals surface area contributed by atoms with Gasteiger partial charge in [0.2, 0.25) is 0 Å². The summed E-state index contributed by atoms with van der Waals surface area (Å²) in [6.07, 6.45) is 1.11. The standard InChI is InChI=1S/C15H18N2/c1-2-4-14-9-12(5-6-13(14)3-1)10-15-11-16-7-8-17-15/h1-6,9,15-17H,7-8,10-11H2/t15-/m1/s1. The lowest BCUT2D eigenvalue weighted by Crippen LogP contribution is -2.49. The van der Waals surface area contributed by atoms with Gasteiger partial charge >= 0.3 is 0 Å². The first-order chi connectivity index (χ1) is 8.42. The fourth-order valence-electron chi connectivity index (χ4n) is 2.51. The highest BCUT2D eigenvalue weighted by atomic mass is 15.0. The Morgan fingerprint density at radius 3 is 2.71 bits per heavy atom. The summed E-state index contributed by atoms with van der Waals surface area (Å²) in [6.45, 7) is 3.25. The molecule has 0 radical (unpaired) electrons. The van der Waals surface area contributed by atoms with Gasteiger partial charge in [0.05, 0.1) is 0 Å². The number of rotatable bonds is 2. The Morgan fingerprint density at radius 1 is 1.00 bits per heavy atom. The van der Waals surface area contributed by atoms with E-state index in [0.717, 1.165) is 26.1 Å². The Kier molecular flexibility index (Phi) is 3.08. The Balaban J connectivity index is 1.80. The van der Waals surface area contributed by atoms with E-state index in [1.165, 1.54) is 16.3 Å². The number of nitrogens with one attached hydrogen (secondary N) is 2. The van der Waals surface area contributed by atoms with E-state index < -0.39 is 0 Å². The van der Waals surface area contributed by atoms with E-state index in [9.17, 15) is 0 Å². The van der Waals surface area contributed by atoms with Crippen molar-refractivity contribution in [3.8, 4) is 0 Å². The van der Waals surface area contributed by atoms with E-state index >= 15 is 0 Å². The van der Waals surface area contributed by atoms with Crippen LogP contribution >= 0.6 is 0 Å². The Morgan fingerprint density at radius 2 is 1.88 bits per heavy atom. The molecule has 88 valence electrons. The summed E-state index contributed by atoms with van der Waals surface area (Å²) in [5.74, 6) is 0. The van der Waals surface area contributed by atoms with Crippen molar-refractivity contribution in [2.45, 2.75) is 12.5 Å². The van der Waals surface area contributed by atoms with Crippen molar-refractivity contribution in [1.29, 1.82) is 0 Å². The van der Waals surface area contributed by atoms with Gasteiger partial charge in [-0.15, -0.1) is 0 Å². The number of benzene rings is 2. The summed E-state index contributed by atoms with van der Waals surface area (Å²) < 4.78 is 0. The van der Waals surface area contributed by atoms with Crippen molar-refractivity contribution >= 4 is 10.8 Å². The van der Waals surface area contributed by atoms with Crippen LogP contribution in [0.25, 0.3) is 10.8 Å². The quantitative estimate of drug-likeness (QED) is 0.818. The molecule has 0 bridgehead atoms. The van der Waals surface area contributed by atoms with Crippen molar-refractivity contribution < 1.29 is 0 Å². The average molecular weight is 226 g/mol. The van der Waals surface area contributed by atoms with Crippen LogP contribution < -0.4 is 10.6 Å². The highest BCUT2D eigenvalue weighted by molar-refractivity contribution is 5.82. The van der Waals surface area contributed by atoms with Gasteiger partial charge in [-0.05, 0) is 22.8 Å². The third-order valence-electron chi connectivity index (χ3n) is 3.42. The van der Waals surface area contributed by atoms with Crippen LogP contribution in [0.4, 0.5) is 0 Å². The van der Waals surface area contributed by atoms with Crippen molar-refractivity contribution in [1.82, 2.24) is 10.6 Å². The zero-order valence-electron chi connectivity index (χ0n) is 9.95. The van der Waals surface area contributed by atoms with Crippen molar-refractivity contribution in [3.05, 3.63) is 48.0 Å².